The molecule has 3 aromatic rings. The molecule has 3 amide bonds. The summed E-state index contributed by atoms with van der Waals surface area (Å²) in [5.74, 6) is -1.11. The van der Waals surface area contributed by atoms with Crippen LogP contribution in [0.3, 0.4) is 0 Å². The lowest BCUT2D eigenvalue weighted by molar-refractivity contribution is -0.125. The van der Waals surface area contributed by atoms with E-state index in [1.807, 2.05) is 12.1 Å². The smallest absolute Gasteiger partial charge is 0.240 e. The van der Waals surface area contributed by atoms with Crippen molar-refractivity contribution in [3.8, 4) is 5.75 Å². The number of methoxy groups -OCH3 is 1. The summed E-state index contributed by atoms with van der Waals surface area (Å²) < 4.78 is 18.9. The molecule has 0 aliphatic heterocycles. The molecular formula is C23H23FN4O4S. The molecule has 0 atom stereocenters. The van der Waals surface area contributed by atoms with Gasteiger partial charge in [-0.05, 0) is 35.9 Å². The van der Waals surface area contributed by atoms with Gasteiger partial charge in [0.25, 0.3) is 0 Å². The summed E-state index contributed by atoms with van der Waals surface area (Å²) in [6, 6.07) is 12.6. The van der Waals surface area contributed by atoms with Crippen LogP contribution in [-0.2, 0) is 20.9 Å². The van der Waals surface area contributed by atoms with Crippen molar-refractivity contribution < 1.29 is 23.5 Å². The number of carbonyl (C=O) groups is 3. The second-order valence-corrected chi connectivity index (χ2v) is 7.86. The number of nitrogens with one attached hydrogen (secondary N) is 2. The monoisotopic (exact) mass is 470 g/mol. The molecular weight excluding hydrogens is 447 g/mol. The predicted octanol–water partition coefficient (Wildman–Crippen LogP) is 3.36. The number of amides is 3. The number of hydrogen-bond acceptors (Lipinski definition) is 6. The first kappa shape index (κ1) is 23.9. The van der Waals surface area contributed by atoms with Gasteiger partial charge in [-0.25, -0.2) is 9.37 Å². The number of carbonyl (C=O) groups excluding carboxylic acids is 3. The van der Waals surface area contributed by atoms with Gasteiger partial charge in [0.15, 0.2) is 5.13 Å². The first-order valence-corrected chi connectivity index (χ1v) is 11.0. The number of aromatic nitrogens is 1. The van der Waals surface area contributed by atoms with Gasteiger partial charge in [0.05, 0.1) is 7.11 Å². The molecule has 0 spiro atoms. The van der Waals surface area contributed by atoms with Crippen molar-refractivity contribution in [2.24, 2.45) is 0 Å². The molecule has 0 bridgehead atoms. The fraction of sp³-hybridized carbons (Fsp3) is 0.217. The molecule has 2 aromatic carbocycles. The molecule has 3 rings (SSSR count). The highest BCUT2D eigenvalue weighted by Gasteiger charge is 2.21. The van der Waals surface area contributed by atoms with Gasteiger partial charge in [-0.3, -0.25) is 14.4 Å². The van der Waals surface area contributed by atoms with E-state index in [4.69, 9.17) is 4.74 Å². The van der Waals surface area contributed by atoms with E-state index < -0.39 is 17.6 Å². The van der Waals surface area contributed by atoms with E-state index in [1.165, 1.54) is 40.5 Å². The minimum Gasteiger partial charge on any atom is -0.497 e. The first-order chi connectivity index (χ1) is 15.9. The number of anilines is 2. The van der Waals surface area contributed by atoms with Crippen LogP contribution in [0.4, 0.5) is 15.2 Å². The highest BCUT2D eigenvalue weighted by molar-refractivity contribution is 7.13. The molecule has 1 aromatic heterocycles. The Balaban J connectivity index is 1.61. The van der Waals surface area contributed by atoms with Crippen LogP contribution in [0, 0.1) is 5.82 Å². The van der Waals surface area contributed by atoms with Crippen molar-refractivity contribution in [2.75, 3.05) is 23.9 Å². The van der Waals surface area contributed by atoms with Crippen LogP contribution in [0.15, 0.2) is 60.1 Å². The summed E-state index contributed by atoms with van der Waals surface area (Å²) in [7, 11) is 1.57. The van der Waals surface area contributed by atoms with Gasteiger partial charge >= 0.3 is 0 Å². The molecule has 0 unspecified atom stereocenters. The lowest BCUT2D eigenvalue weighted by atomic mass is 10.2. The fourth-order valence-electron chi connectivity index (χ4n) is 2.93. The summed E-state index contributed by atoms with van der Waals surface area (Å²) >= 11 is 1.26. The molecule has 2 N–H and O–H groups in total. The lowest BCUT2D eigenvalue weighted by Crippen LogP contribution is -2.41. The third kappa shape index (κ3) is 7.39. The van der Waals surface area contributed by atoms with Crippen LogP contribution in [0.1, 0.15) is 18.4 Å². The average molecular weight is 471 g/mol. The zero-order valence-corrected chi connectivity index (χ0v) is 18.7. The number of rotatable bonds is 10. The summed E-state index contributed by atoms with van der Waals surface area (Å²) in [4.78, 5) is 42.6. The Morgan fingerprint density at radius 3 is 2.55 bits per heavy atom. The quantitative estimate of drug-likeness (QED) is 0.473. The summed E-state index contributed by atoms with van der Waals surface area (Å²) in [5.41, 5.74) is 1.09. The molecule has 0 aliphatic rings. The lowest BCUT2D eigenvalue weighted by Gasteiger charge is -2.22. The van der Waals surface area contributed by atoms with Gasteiger partial charge in [0.2, 0.25) is 17.7 Å². The van der Waals surface area contributed by atoms with Crippen molar-refractivity contribution in [3.05, 3.63) is 71.5 Å². The normalized spacial score (nSPS) is 10.4. The maximum atomic E-state index is 13.8. The van der Waals surface area contributed by atoms with Gasteiger partial charge in [-0.15, -0.1) is 11.3 Å². The van der Waals surface area contributed by atoms with Crippen molar-refractivity contribution in [2.45, 2.75) is 19.4 Å². The van der Waals surface area contributed by atoms with Crippen LogP contribution in [0.25, 0.3) is 0 Å². The number of thiazole rings is 1. The molecule has 172 valence electrons. The maximum absolute atomic E-state index is 13.8. The van der Waals surface area contributed by atoms with Gasteiger partial charge in [-0.1, -0.05) is 18.2 Å². The standard InChI is InChI=1S/C23H23FN4O4S/c1-32-19-7-5-16(6-8-19)14-26-21(30)15-28(18-4-2-3-17(24)13-18)22(31)10-9-20(29)27-23-25-11-12-33-23/h2-8,11-13H,9-10,14-15H2,1H3,(H,26,30)(H,25,27,29). The highest BCUT2D eigenvalue weighted by atomic mass is 32.1. The zero-order valence-electron chi connectivity index (χ0n) is 17.9. The molecule has 0 saturated heterocycles. The van der Waals surface area contributed by atoms with Crippen molar-refractivity contribution >= 4 is 39.9 Å². The molecule has 1 heterocycles. The fourth-order valence-corrected chi connectivity index (χ4v) is 3.48. The van der Waals surface area contributed by atoms with Crippen molar-refractivity contribution in [1.29, 1.82) is 0 Å². The van der Waals surface area contributed by atoms with Crippen LogP contribution in [0.5, 0.6) is 5.75 Å². The third-order valence-electron chi connectivity index (χ3n) is 4.62. The van der Waals surface area contributed by atoms with Crippen LogP contribution >= 0.6 is 11.3 Å². The number of halogens is 1. The summed E-state index contributed by atoms with van der Waals surface area (Å²) in [5, 5.41) is 7.51. The molecule has 0 aliphatic carbocycles. The van der Waals surface area contributed by atoms with Gasteiger partial charge in [0, 0.05) is 36.7 Å². The zero-order chi connectivity index (χ0) is 23.6. The molecule has 8 nitrogen and oxygen atoms in total. The van der Waals surface area contributed by atoms with Crippen LogP contribution in [0.2, 0.25) is 0 Å². The van der Waals surface area contributed by atoms with E-state index >= 15 is 0 Å². The Morgan fingerprint density at radius 1 is 1.09 bits per heavy atom. The Bertz CT molecular complexity index is 1090. The van der Waals surface area contributed by atoms with E-state index in [2.05, 4.69) is 15.6 Å². The van der Waals surface area contributed by atoms with Crippen LogP contribution in [-0.4, -0.2) is 36.4 Å². The minimum absolute atomic E-state index is 0.0995. The number of benzene rings is 2. The number of ether oxygens (including phenoxy) is 1. The second kappa shape index (κ2) is 11.7. The molecule has 0 saturated carbocycles. The Labute approximate surface area is 194 Å². The minimum atomic E-state index is -0.537. The predicted molar refractivity (Wildman–Crippen MR) is 124 cm³/mol. The second-order valence-electron chi connectivity index (χ2n) is 6.97. The van der Waals surface area contributed by atoms with E-state index in [0.717, 1.165) is 5.56 Å². The maximum Gasteiger partial charge on any atom is 0.240 e. The molecule has 0 radical (unpaired) electrons. The largest absolute Gasteiger partial charge is 0.497 e. The van der Waals surface area contributed by atoms with Crippen molar-refractivity contribution in [1.82, 2.24) is 10.3 Å². The Kier molecular flexibility index (Phi) is 8.48. The first-order valence-electron chi connectivity index (χ1n) is 10.1. The van der Waals surface area contributed by atoms with E-state index in [-0.39, 0.29) is 37.5 Å². The molecule has 33 heavy (non-hydrogen) atoms. The highest BCUT2D eigenvalue weighted by Crippen LogP contribution is 2.18. The molecule has 10 heteroatoms. The average Bonchev–Trinajstić information content (AvgIpc) is 3.33. The number of nitrogens with zero attached hydrogens (tertiary/aromatic N) is 2. The van der Waals surface area contributed by atoms with E-state index in [0.29, 0.717) is 10.9 Å². The van der Waals surface area contributed by atoms with Gasteiger partial charge in [-0.2, -0.15) is 0 Å². The Hall–Kier alpha value is -3.79. The SMILES string of the molecule is COc1ccc(CNC(=O)CN(C(=O)CCC(=O)Nc2nccs2)c2cccc(F)c2)cc1. The molecule has 0 fully saturated rings. The topological polar surface area (TPSA) is 101 Å². The van der Waals surface area contributed by atoms with E-state index in [9.17, 15) is 18.8 Å². The van der Waals surface area contributed by atoms with Crippen molar-refractivity contribution in [3.63, 3.8) is 0 Å². The van der Waals surface area contributed by atoms with E-state index in [1.54, 1.807) is 30.8 Å². The van der Waals surface area contributed by atoms with Crippen LogP contribution < -0.4 is 20.3 Å². The summed E-state index contributed by atoms with van der Waals surface area (Å²) in [6.07, 6.45) is 1.30. The number of hydrogen-bond donors (Lipinski definition) is 2. The Morgan fingerprint density at radius 2 is 1.88 bits per heavy atom. The van der Waals surface area contributed by atoms with Gasteiger partial charge < -0.3 is 20.3 Å². The third-order valence-corrected chi connectivity index (χ3v) is 5.30. The van der Waals surface area contributed by atoms with Gasteiger partial charge in [0.1, 0.15) is 18.1 Å². The summed E-state index contributed by atoms with van der Waals surface area (Å²) in [6.45, 7) is -0.0588.